The number of hydrogen-bond donors (Lipinski definition) is 2. The van der Waals surface area contributed by atoms with E-state index in [2.05, 4.69) is 17.0 Å². The number of thioether (sulfide) groups is 1. The minimum absolute atomic E-state index is 0.158. The molecule has 2 heterocycles. The molecule has 5 nitrogen and oxygen atoms in total. The van der Waals surface area contributed by atoms with E-state index < -0.39 is 0 Å². The molecule has 1 aliphatic carbocycles. The highest BCUT2D eigenvalue weighted by Gasteiger charge is 2.33. The molecule has 2 fully saturated rings. The highest BCUT2D eigenvalue weighted by molar-refractivity contribution is 8.13. The van der Waals surface area contributed by atoms with Gasteiger partial charge in [-0.3, -0.25) is 4.90 Å². The summed E-state index contributed by atoms with van der Waals surface area (Å²) in [6, 6.07) is 8.44. The second kappa shape index (κ2) is 11.1. The largest absolute Gasteiger partial charge is 0.497 e. The molecule has 1 saturated carbocycles. The van der Waals surface area contributed by atoms with E-state index in [1.807, 2.05) is 30.0 Å². The molecule has 1 aliphatic heterocycles. The van der Waals surface area contributed by atoms with E-state index in [1.165, 1.54) is 37.0 Å². The number of nitrogens with zero attached hydrogens (tertiary/aromatic N) is 1. The maximum atomic E-state index is 9.38. The van der Waals surface area contributed by atoms with Crippen LogP contribution in [0, 0.1) is 0 Å². The molecule has 2 aromatic rings. The van der Waals surface area contributed by atoms with Crippen molar-refractivity contribution < 1.29 is 19.0 Å². The molecule has 0 radical (unpaired) electrons. The minimum Gasteiger partial charge on any atom is -0.497 e. The van der Waals surface area contributed by atoms with Gasteiger partial charge in [-0.25, -0.2) is 0 Å². The Balaban J connectivity index is 1.61. The zero-order valence-corrected chi connectivity index (χ0v) is 20.6. The molecule has 4 rings (SSSR count). The summed E-state index contributed by atoms with van der Waals surface area (Å²) in [5, 5.41) is 9.38. The van der Waals surface area contributed by atoms with Crippen LogP contribution in [0.25, 0.3) is 17.4 Å². The summed E-state index contributed by atoms with van der Waals surface area (Å²) in [6.07, 6.45) is 10.2. The number of aliphatic hydroxyl groups excluding tert-OH is 1. The lowest BCUT2D eigenvalue weighted by Gasteiger charge is -2.32. The summed E-state index contributed by atoms with van der Waals surface area (Å²) in [6.45, 7) is 1.08. The fourth-order valence-corrected chi connectivity index (χ4v) is 6.34. The summed E-state index contributed by atoms with van der Waals surface area (Å²) in [4.78, 5) is 3.81. The van der Waals surface area contributed by atoms with Crippen molar-refractivity contribution in [1.82, 2.24) is 4.90 Å². The molecule has 0 spiro atoms. The molecule has 7 heteroatoms. The van der Waals surface area contributed by atoms with Crippen LogP contribution in [-0.2, 0) is 6.42 Å². The van der Waals surface area contributed by atoms with Gasteiger partial charge in [-0.05, 0) is 55.5 Å². The topological polar surface area (TPSA) is 55.1 Å². The molecular weight excluding hydrogens is 442 g/mol. The van der Waals surface area contributed by atoms with Gasteiger partial charge in [0.2, 0.25) is 0 Å². The van der Waals surface area contributed by atoms with Crippen molar-refractivity contribution >= 4 is 30.5 Å². The number of methoxy groups -OCH3 is 2. The summed E-state index contributed by atoms with van der Waals surface area (Å²) in [5.41, 5.74) is 1.99. The van der Waals surface area contributed by atoms with E-state index in [0.717, 1.165) is 41.4 Å². The fourth-order valence-electron chi connectivity index (χ4n) is 4.61. The SMILES string of the molecule is COc1ccc(-c2cc(CCCO)c(/C=C3/CN(C4CCCCC4)C(S)S3)o2)c(OC)c1. The van der Waals surface area contributed by atoms with Crippen molar-refractivity contribution in [3.05, 3.63) is 40.5 Å². The van der Waals surface area contributed by atoms with Crippen LogP contribution in [0.15, 0.2) is 33.6 Å². The van der Waals surface area contributed by atoms with E-state index in [0.29, 0.717) is 18.2 Å². The average molecular weight is 476 g/mol. The van der Waals surface area contributed by atoms with Gasteiger partial charge in [0.15, 0.2) is 0 Å². The summed E-state index contributed by atoms with van der Waals surface area (Å²) < 4.78 is 17.5. The highest BCUT2D eigenvalue weighted by Crippen LogP contribution is 2.42. The quantitative estimate of drug-likeness (QED) is 0.469. The van der Waals surface area contributed by atoms with Crippen LogP contribution in [0.2, 0.25) is 0 Å². The van der Waals surface area contributed by atoms with Crippen molar-refractivity contribution in [3.8, 4) is 22.8 Å². The molecule has 1 aromatic heterocycles. The van der Waals surface area contributed by atoms with Crippen LogP contribution in [-0.4, -0.2) is 48.1 Å². The van der Waals surface area contributed by atoms with Crippen LogP contribution in [0.3, 0.4) is 0 Å². The number of rotatable bonds is 8. The Bertz CT molecular complexity index is 936. The third-order valence-electron chi connectivity index (χ3n) is 6.33. The highest BCUT2D eigenvalue weighted by atomic mass is 32.2. The fraction of sp³-hybridized carbons (Fsp3) is 0.520. The van der Waals surface area contributed by atoms with Gasteiger partial charge in [-0.1, -0.05) is 31.0 Å². The summed E-state index contributed by atoms with van der Waals surface area (Å²) >= 11 is 6.68. The maximum absolute atomic E-state index is 9.38. The third-order valence-corrected chi connectivity index (χ3v) is 7.98. The molecule has 1 saturated heterocycles. The van der Waals surface area contributed by atoms with Gasteiger partial charge in [-0.15, -0.1) is 12.6 Å². The van der Waals surface area contributed by atoms with Crippen LogP contribution < -0.4 is 9.47 Å². The smallest absolute Gasteiger partial charge is 0.138 e. The van der Waals surface area contributed by atoms with Gasteiger partial charge in [-0.2, -0.15) is 0 Å². The van der Waals surface area contributed by atoms with Crippen molar-refractivity contribution in [2.24, 2.45) is 0 Å². The lowest BCUT2D eigenvalue weighted by molar-refractivity contribution is 0.196. The van der Waals surface area contributed by atoms with Gasteiger partial charge in [0.1, 0.15) is 27.7 Å². The second-order valence-corrected chi connectivity index (χ2v) is 10.5. The molecular formula is C25H33NO4S2. The minimum atomic E-state index is 0.158. The number of thiol groups is 1. The Morgan fingerprint density at radius 3 is 2.72 bits per heavy atom. The van der Waals surface area contributed by atoms with E-state index in [9.17, 15) is 5.11 Å². The Kier molecular flexibility index (Phi) is 8.16. The van der Waals surface area contributed by atoms with Crippen molar-refractivity contribution in [2.45, 2.75) is 55.7 Å². The summed E-state index contributed by atoms with van der Waals surface area (Å²) in [5.74, 6) is 3.07. The van der Waals surface area contributed by atoms with E-state index in [4.69, 9.17) is 26.5 Å². The average Bonchev–Trinajstić information content (AvgIpc) is 3.40. The molecule has 0 amide bonds. The van der Waals surface area contributed by atoms with Gasteiger partial charge >= 0.3 is 0 Å². The zero-order valence-electron chi connectivity index (χ0n) is 18.9. The first kappa shape index (κ1) is 23.6. The molecule has 1 aromatic carbocycles. The molecule has 1 N–H and O–H groups in total. The van der Waals surface area contributed by atoms with Gasteiger partial charge in [0.05, 0.1) is 19.8 Å². The third kappa shape index (κ3) is 5.33. The maximum Gasteiger partial charge on any atom is 0.138 e. The van der Waals surface area contributed by atoms with E-state index in [-0.39, 0.29) is 11.3 Å². The van der Waals surface area contributed by atoms with Gasteiger partial charge in [0.25, 0.3) is 0 Å². The summed E-state index contributed by atoms with van der Waals surface area (Å²) in [7, 11) is 3.29. The first-order chi connectivity index (χ1) is 15.6. The second-order valence-electron chi connectivity index (χ2n) is 8.41. The first-order valence-corrected chi connectivity index (χ1v) is 12.8. The standard InChI is InChI=1S/C25H33NO4S2/c1-28-19-10-11-21(23(14-19)29-2)24-13-17(7-6-12-27)22(30-24)15-20-16-26(25(31)32-20)18-8-4-3-5-9-18/h10-11,13-15,18,25,27,31H,3-9,12,16H2,1-2H3/b20-15-. The predicted octanol–water partition coefficient (Wildman–Crippen LogP) is 5.82. The monoisotopic (exact) mass is 475 g/mol. The molecule has 1 atom stereocenters. The molecule has 1 unspecified atom stereocenters. The number of benzene rings is 1. The Hall–Kier alpha value is -1.54. The number of aliphatic hydroxyl groups is 1. The van der Waals surface area contributed by atoms with Crippen LogP contribution in [0.5, 0.6) is 11.5 Å². The lowest BCUT2D eigenvalue weighted by atomic mass is 9.94. The van der Waals surface area contributed by atoms with Crippen molar-refractivity contribution in [3.63, 3.8) is 0 Å². The molecule has 32 heavy (non-hydrogen) atoms. The first-order valence-electron chi connectivity index (χ1n) is 11.4. The van der Waals surface area contributed by atoms with Gasteiger partial charge in [0, 0.05) is 30.2 Å². The van der Waals surface area contributed by atoms with Crippen molar-refractivity contribution in [2.75, 3.05) is 27.4 Å². The van der Waals surface area contributed by atoms with E-state index in [1.54, 1.807) is 14.2 Å². The number of aryl methyl sites for hydroxylation is 1. The van der Waals surface area contributed by atoms with Crippen LogP contribution >= 0.6 is 24.4 Å². The number of hydrogen-bond acceptors (Lipinski definition) is 7. The van der Waals surface area contributed by atoms with Crippen molar-refractivity contribution in [1.29, 1.82) is 0 Å². The molecule has 2 aliphatic rings. The van der Waals surface area contributed by atoms with Crippen LogP contribution in [0.4, 0.5) is 0 Å². The number of furan rings is 1. The molecule has 174 valence electrons. The Morgan fingerprint density at radius 1 is 1.19 bits per heavy atom. The predicted molar refractivity (Wildman–Crippen MR) is 135 cm³/mol. The normalized spacial score (nSPS) is 21.4. The Morgan fingerprint density at radius 2 is 2.00 bits per heavy atom. The molecule has 0 bridgehead atoms. The van der Waals surface area contributed by atoms with Crippen LogP contribution in [0.1, 0.15) is 49.8 Å². The Labute approximate surface area is 200 Å². The van der Waals surface area contributed by atoms with E-state index >= 15 is 0 Å². The zero-order chi connectivity index (χ0) is 22.5. The lowest BCUT2D eigenvalue weighted by Crippen LogP contribution is -2.37. The number of ether oxygens (including phenoxy) is 2. The van der Waals surface area contributed by atoms with Gasteiger partial charge < -0.3 is 19.0 Å².